The van der Waals surface area contributed by atoms with Gasteiger partial charge in [0.05, 0.1) is 12.2 Å². The summed E-state index contributed by atoms with van der Waals surface area (Å²) in [4.78, 5) is 25.2. The highest BCUT2D eigenvalue weighted by atomic mass is 19.4. The monoisotopic (exact) mass is 280 g/mol. The maximum absolute atomic E-state index is 12.1. The summed E-state index contributed by atoms with van der Waals surface area (Å²) in [5.74, 6) is -1.79. The van der Waals surface area contributed by atoms with Crippen LogP contribution < -0.4 is 15.9 Å². The second kappa shape index (κ2) is 5.74. The molecule has 0 aromatic carbocycles. The van der Waals surface area contributed by atoms with Gasteiger partial charge in [0.25, 0.3) is 0 Å². The number of hydrogen-bond acceptors (Lipinski definition) is 5. The van der Waals surface area contributed by atoms with Crippen molar-refractivity contribution in [1.82, 2.24) is 4.98 Å². The quantitative estimate of drug-likeness (QED) is 0.799. The molecule has 3 N–H and O–H groups in total. The third-order valence-electron chi connectivity index (χ3n) is 2.06. The van der Waals surface area contributed by atoms with Crippen molar-refractivity contribution >= 4 is 5.97 Å². The van der Waals surface area contributed by atoms with Crippen LogP contribution in [0.3, 0.4) is 0 Å². The average Bonchev–Trinajstić information content (AvgIpc) is 2.27. The largest absolute Gasteiger partial charge is 0.574 e. The SMILES string of the molecule is CCOC(=O)c1c[nH]c(OC(F)(F)F)c(CN)c1=O. The van der Waals surface area contributed by atoms with Gasteiger partial charge in [0, 0.05) is 12.7 Å². The summed E-state index contributed by atoms with van der Waals surface area (Å²) in [6.45, 7) is 1.03. The molecule has 9 heteroatoms. The number of carbonyl (C=O) groups is 1. The first-order chi connectivity index (χ1) is 8.80. The van der Waals surface area contributed by atoms with Crippen molar-refractivity contribution in [3.8, 4) is 5.88 Å². The number of alkyl halides is 3. The fourth-order valence-corrected chi connectivity index (χ4v) is 1.31. The number of aromatic nitrogens is 1. The number of esters is 1. The van der Waals surface area contributed by atoms with Crippen LogP contribution in [0.2, 0.25) is 0 Å². The molecule has 19 heavy (non-hydrogen) atoms. The Bertz CT molecular complexity index is 524. The fourth-order valence-electron chi connectivity index (χ4n) is 1.31. The van der Waals surface area contributed by atoms with Gasteiger partial charge in [-0.3, -0.25) is 4.79 Å². The molecule has 6 nitrogen and oxygen atoms in total. The number of aromatic amines is 1. The van der Waals surface area contributed by atoms with E-state index < -0.39 is 41.3 Å². The molecule has 106 valence electrons. The van der Waals surface area contributed by atoms with Crippen molar-refractivity contribution in [1.29, 1.82) is 0 Å². The average molecular weight is 280 g/mol. The van der Waals surface area contributed by atoms with Crippen LogP contribution in [0, 0.1) is 0 Å². The summed E-state index contributed by atoms with van der Waals surface area (Å²) in [7, 11) is 0. The molecule has 0 amide bonds. The maximum atomic E-state index is 12.1. The minimum atomic E-state index is -4.97. The van der Waals surface area contributed by atoms with E-state index in [1.165, 1.54) is 6.92 Å². The predicted octanol–water partition coefficient (Wildman–Crippen LogP) is 0.909. The number of carbonyl (C=O) groups excluding carboxylic acids is 1. The first-order valence-corrected chi connectivity index (χ1v) is 5.17. The summed E-state index contributed by atoms with van der Waals surface area (Å²) >= 11 is 0. The van der Waals surface area contributed by atoms with E-state index in [2.05, 4.69) is 14.5 Å². The standard InChI is InChI=1S/C10H11F3N2O4/c1-2-18-9(17)6-4-15-8(19-10(11,12)13)5(3-14)7(6)16/h4H,2-3,14H2,1H3,(H,15,16). The van der Waals surface area contributed by atoms with Crippen LogP contribution in [0.25, 0.3) is 0 Å². The molecule has 0 aliphatic heterocycles. The van der Waals surface area contributed by atoms with E-state index in [0.29, 0.717) is 0 Å². The topological polar surface area (TPSA) is 94.4 Å². The Morgan fingerprint density at radius 1 is 1.47 bits per heavy atom. The van der Waals surface area contributed by atoms with Gasteiger partial charge >= 0.3 is 12.3 Å². The number of rotatable bonds is 4. The summed E-state index contributed by atoms with van der Waals surface area (Å²) in [6, 6.07) is 0. The molecule has 0 saturated heterocycles. The van der Waals surface area contributed by atoms with Crippen molar-refractivity contribution in [2.24, 2.45) is 5.73 Å². The van der Waals surface area contributed by atoms with Gasteiger partial charge in [-0.25, -0.2) is 4.79 Å². The molecular weight excluding hydrogens is 269 g/mol. The second-order valence-corrected chi connectivity index (χ2v) is 3.31. The summed E-state index contributed by atoms with van der Waals surface area (Å²) in [6.07, 6.45) is -4.18. The molecule has 1 aromatic rings. The lowest BCUT2D eigenvalue weighted by Crippen LogP contribution is -2.27. The second-order valence-electron chi connectivity index (χ2n) is 3.31. The minimum Gasteiger partial charge on any atom is -0.462 e. The van der Waals surface area contributed by atoms with E-state index in [-0.39, 0.29) is 6.61 Å². The molecule has 0 saturated carbocycles. The van der Waals surface area contributed by atoms with Gasteiger partial charge in [-0.15, -0.1) is 13.2 Å². The van der Waals surface area contributed by atoms with Crippen molar-refractivity contribution < 1.29 is 27.4 Å². The van der Waals surface area contributed by atoms with Crippen molar-refractivity contribution in [3.63, 3.8) is 0 Å². The van der Waals surface area contributed by atoms with Crippen molar-refractivity contribution in [2.75, 3.05) is 6.61 Å². The van der Waals surface area contributed by atoms with E-state index >= 15 is 0 Å². The number of pyridine rings is 1. The Morgan fingerprint density at radius 3 is 2.58 bits per heavy atom. The van der Waals surface area contributed by atoms with Crippen LogP contribution in [0.5, 0.6) is 5.88 Å². The van der Waals surface area contributed by atoms with Crippen LogP contribution in [-0.2, 0) is 11.3 Å². The first-order valence-electron chi connectivity index (χ1n) is 5.17. The van der Waals surface area contributed by atoms with Crippen molar-refractivity contribution in [2.45, 2.75) is 19.8 Å². The third-order valence-corrected chi connectivity index (χ3v) is 2.06. The molecule has 0 radical (unpaired) electrons. The maximum Gasteiger partial charge on any atom is 0.574 e. The molecule has 0 aliphatic rings. The molecular formula is C10H11F3N2O4. The highest BCUT2D eigenvalue weighted by molar-refractivity contribution is 5.89. The van der Waals surface area contributed by atoms with Crippen LogP contribution in [-0.4, -0.2) is 23.9 Å². The molecule has 0 spiro atoms. The third kappa shape index (κ3) is 3.71. The van der Waals surface area contributed by atoms with Crippen LogP contribution in [0.15, 0.2) is 11.0 Å². The van der Waals surface area contributed by atoms with E-state index in [0.717, 1.165) is 6.20 Å². The molecule has 0 unspecified atom stereocenters. The minimum absolute atomic E-state index is 0.0248. The van der Waals surface area contributed by atoms with E-state index in [1.54, 1.807) is 0 Å². The van der Waals surface area contributed by atoms with Gasteiger partial charge in [-0.1, -0.05) is 0 Å². The summed E-state index contributed by atoms with van der Waals surface area (Å²) in [5, 5.41) is 0. The van der Waals surface area contributed by atoms with Gasteiger partial charge in [-0.2, -0.15) is 0 Å². The lowest BCUT2D eigenvalue weighted by Gasteiger charge is -2.12. The molecule has 0 fully saturated rings. The predicted molar refractivity (Wildman–Crippen MR) is 57.6 cm³/mol. The number of nitrogens with one attached hydrogen (secondary N) is 1. The molecule has 1 aromatic heterocycles. The van der Waals surface area contributed by atoms with E-state index in [4.69, 9.17) is 5.73 Å². The zero-order valence-corrected chi connectivity index (χ0v) is 9.84. The number of H-pyrrole nitrogens is 1. The highest BCUT2D eigenvalue weighted by Crippen LogP contribution is 2.22. The van der Waals surface area contributed by atoms with Crippen LogP contribution in [0.1, 0.15) is 22.8 Å². The smallest absolute Gasteiger partial charge is 0.462 e. The van der Waals surface area contributed by atoms with Gasteiger partial charge in [0.2, 0.25) is 11.3 Å². The number of nitrogens with two attached hydrogens (primary N) is 1. The van der Waals surface area contributed by atoms with Gasteiger partial charge in [0.1, 0.15) is 5.56 Å². The number of halogens is 3. The molecule has 1 rings (SSSR count). The van der Waals surface area contributed by atoms with Crippen molar-refractivity contribution in [3.05, 3.63) is 27.5 Å². The van der Waals surface area contributed by atoms with Crippen LogP contribution in [0.4, 0.5) is 13.2 Å². The molecule has 1 heterocycles. The fraction of sp³-hybridized carbons (Fsp3) is 0.400. The zero-order chi connectivity index (χ0) is 14.6. The van der Waals surface area contributed by atoms with E-state index in [9.17, 15) is 22.8 Å². The Hall–Kier alpha value is -2.03. The summed E-state index contributed by atoms with van der Waals surface area (Å²) < 4.78 is 44.5. The first kappa shape index (κ1) is 15.0. The lowest BCUT2D eigenvalue weighted by atomic mass is 10.2. The Morgan fingerprint density at radius 2 is 2.11 bits per heavy atom. The van der Waals surface area contributed by atoms with Gasteiger partial charge in [0.15, 0.2) is 0 Å². The highest BCUT2D eigenvalue weighted by Gasteiger charge is 2.33. The zero-order valence-electron chi connectivity index (χ0n) is 9.84. The Balaban J connectivity index is 3.23. The Kier molecular flexibility index (Phi) is 4.54. The lowest BCUT2D eigenvalue weighted by molar-refractivity contribution is -0.276. The number of hydrogen-bond donors (Lipinski definition) is 2. The van der Waals surface area contributed by atoms with Gasteiger partial charge < -0.3 is 20.2 Å². The molecule has 0 bridgehead atoms. The number of ether oxygens (including phenoxy) is 2. The molecule has 0 aliphatic carbocycles. The van der Waals surface area contributed by atoms with Gasteiger partial charge in [-0.05, 0) is 6.92 Å². The van der Waals surface area contributed by atoms with Crippen LogP contribution >= 0.6 is 0 Å². The summed E-state index contributed by atoms with van der Waals surface area (Å²) in [5.41, 5.74) is 3.32. The molecule has 0 atom stereocenters. The Labute approximate surface area is 105 Å². The van der Waals surface area contributed by atoms with E-state index in [1.807, 2.05) is 0 Å². The normalized spacial score (nSPS) is 11.2.